The van der Waals surface area contributed by atoms with E-state index >= 15 is 0 Å². The smallest absolute Gasteiger partial charge is 0.197 e. The van der Waals surface area contributed by atoms with Crippen LogP contribution in [0, 0.1) is 0 Å². The number of hydrogen-bond acceptors (Lipinski definition) is 4. The van der Waals surface area contributed by atoms with Gasteiger partial charge in [-0.3, -0.25) is 9.59 Å². The maximum absolute atomic E-state index is 13.0. The average Bonchev–Trinajstić information content (AvgIpc) is 3.03. The Labute approximate surface area is 244 Å². The molecule has 6 aromatic rings. The molecule has 0 aliphatic carbocycles. The van der Waals surface area contributed by atoms with E-state index < -0.39 is 0 Å². The van der Waals surface area contributed by atoms with E-state index in [2.05, 4.69) is 9.13 Å². The Morgan fingerprint density at radius 2 is 0.857 bits per heavy atom. The van der Waals surface area contributed by atoms with Crippen LogP contribution in [-0.4, -0.2) is 22.3 Å². The molecule has 0 spiro atoms. The Kier molecular flexibility index (Phi) is 7.95. The molecule has 4 aromatic carbocycles. The molecule has 0 bridgehead atoms. The van der Waals surface area contributed by atoms with Gasteiger partial charge in [0.05, 0.1) is 35.3 Å². The van der Waals surface area contributed by atoms with Gasteiger partial charge in [0, 0.05) is 35.6 Å². The highest BCUT2D eigenvalue weighted by Gasteiger charge is 2.11. The van der Waals surface area contributed by atoms with Crippen LogP contribution in [0.4, 0.5) is 0 Å². The summed E-state index contributed by atoms with van der Waals surface area (Å²) in [5, 5.41) is 2.84. The van der Waals surface area contributed by atoms with Crippen molar-refractivity contribution in [3.63, 3.8) is 0 Å². The molecule has 0 N–H and O–H groups in total. The fraction of sp³-hybridized carbons (Fsp3) is 0.278. The van der Waals surface area contributed by atoms with E-state index in [1.807, 2.05) is 99.0 Å². The third-order valence-electron chi connectivity index (χ3n) is 8.24. The van der Waals surface area contributed by atoms with Gasteiger partial charge in [0.15, 0.2) is 10.9 Å². The average molecular weight is 561 g/mol. The van der Waals surface area contributed by atoms with Crippen molar-refractivity contribution in [3.8, 4) is 11.5 Å². The lowest BCUT2D eigenvalue weighted by molar-refractivity contribution is 0.297. The van der Waals surface area contributed by atoms with Crippen molar-refractivity contribution < 1.29 is 9.47 Å². The van der Waals surface area contributed by atoms with Gasteiger partial charge < -0.3 is 18.6 Å². The molecule has 0 aliphatic rings. The molecule has 0 radical (unpaired) electrons. The van der Waals surface area contributed by atoms with Gasteiger partial charge in [0.25, 0.3) is 0 Å². The molecular formula is C36H36N2O4. The third-order valence-corrected chi connectivity index (χ3v) is 8.24. The Hall–Kier alpha value is -4.58. The quantitative estimate of drug-likeness (QED) is 0.122. The zero-order valence-corrected chi connectivity index (χ0v) is 24.3. The second kappa shape index (κ2) is 12.1. The molecule has 6 rings (SSSR count). The Balaban J connectivity index is 0.929. The van der Waals surface area contributed by atoms with E-state index in [9.17, 15) is 9.59 Å². The number of fused-ring (bicyclic) bond motifs is 4. The van der Waals surface area contributed by atoms with Crippen molar-refractivity contribution in [3.05, 3.63) is 105 Å². The lowest BCUT2D eigenvalue weighted by Crippen LogP contribution is -2.09. The summed E-state index contributed by atoms with van der Waals surface area (Å²) in [7, 11) is 3.98. The number of para-hydroxylation sites is 2. The summed E-state index contributed by atoms with van der Waals surface area (Å²) in [6, 6.07) is 27.0. The molecular weight excluding hydrogens is 524 g/mol. The SMILES string of the molecule is Cn1c2ccccc2c(=O)c2cc(OCCCCCCCCOc3ccc4c(c3)c(=O)c3ccccc3n4C)ccc21. The molecule has 42 heavy (non-hydrogen) atoms. The van der Waals surface area contributed by atoms with Crippen LogP contribution in [0.5, 0.6) is 11.5 Å². The van der Waals surface area contributed by atoms with E-state index in [0.717, 1.165) is 82.9 Å². The minimum atomic E-state index is 0.0478. The van der Waals surface area contributed by atoms with E-state index in [4.69, 9.17) is 9.47 Å². The molecule has 6 nitrogen and oxygen atoms in total. The summed E-state index contributed by atoms with van der Waals surface area (Å²) in [5.41, 5.74) is 3.79. The van der Waals surface area contributed by atoms with Gasteiger partial charge in [0.1, 0.15) is 11.5 Å². The number of pyridine rings is 2. The number of ether oxygens (including phenoxy) is 2. The summed E-state index contributed by atoms with van der Waals surface area (Å²) in [6.45, 7) is 1.28. The molecule has 0 fully saturated rings. The molecule has 0 amide bonds. The second-order valence-electron chi connectivity index (χ2n) is 11.0. The molecule has 6 heteroatoms. The van der Waals surface area contributed by atoms with Crippen LogP contribution >= 0.6 is 0 Å². The second-order valence-corrected chi connectivity index (χ2v) is 11.0. The highest BCUT2D eigenvalue weighted by molar-refractivity contribution is 5.95. The van der Waals surface area contributed by atoms with E-state index in [1.165, 1.54) is 0 Å². The van der Waals surface area contributed by atoms with Crippen LogP contribution in [0.3, 0.4) is 0 Å². The fourth-order valence-corrected chi connectivity index (χ4v) is 5.92. The summed E-state index contributed by atoms with van der Waals surface area (Å²) >= 11 is 0. The minimum Gasteiger partial charge on any atom is -0.494 e. The highest BCUT2D eigenvalue weighted by Crippen LogP contribution is 2.24. The van der Waals surface area contributed by atoms with Crippen molar-refractivity contribution in [1.29, 1.82) is 0 Å². The number of nitrogens with zero attached hydrogens (tertiary/aromatic N) is 2. The van der Waals surface area contributed by atoms with E-state index in [0.29, 0.717) is 24.0 Å². The van der Waals surface area contributed by atoms with Gasteiger partial charge in [-0.05, 0) is 73.5 Å². The van der Waals surface area contributed by atoms with Crippen molar-refractivity contribution in [2.45, 2.75) is 38.5 Å². The van der Waals surface area contributed by atoms with Gasteiger partial charge in [-0.1, -0.05) is 49.9 Å². The predicted molar refractivity (Wildman–Crippen MR) is 172 cm³/mol. The molecule has 0 unspecified atom stereocenters. The summed E-state index contributed by atoms with van der Waals surface area (Å²) < 4.78 is 16.1. The largest absolute Gasteiger partial charge is 0.494 e. The maximum atomic E-state index is 13.0. The van der Waals surface area contributed by atoms with Crippen LogP contribution < -0.4 is 20.3 Å². The van der Waals surface area contributed by atoms with Gasteiger partial charge in [-0.25, -0.2) is 0 Å². The van der Waals surface area contributed by atoms with Crippen molar-refractivity contribution in [2.75, 3.05) is 13.2 Å². The van der Waals surface area contributed by atoms with Crippen LogP contribution in [-0.2, 0) is 14.1 Å². The van der Waals surface area contributed by atoms with E-state index in [-0.39, 0.29) is 10.9 Å². The van der Waals surface area contributed by atoms with Gasteiger partial charge in [-0.15, -0.1) is 0 Å². The first-order valence-electron chi connectivity index (χ1n) is 14.8. The summed E-state index contributed by atoms with van der Waals surface area (Å²) in [5.74, 6) is 1.48. The first-order valence-corrected chi connectivity index (χ1v) is 14.8. The minimum absolute atomic E-state index is 0.0478. The third kappa shape index (κ3) is 5.37. The number of unbranched alkanes of at least 4 members (excludes halogenated alkanes) is 5. The molecule has 214 valence electrons. The molecule has 2 heterocycles. The number of aromatic nitrogens is 2. The first-order chi connectivity index (χ1) is 20.5. The van der Waals surface area contributed by atoms with Crippen LogP contribution in [0.15, 0.2) is 94.5 Å². The molecule has 0 saturated carbocycles. The Bertz CT molecular complexity index is 1880. The lowest BCUT2D eigenvalue weighted by atomic mass is 10.1. The molecule has 0 atom stereocenters. The maximum Gasteiger partial charge on any atom is 0.197 e. The zero-order chi connectivity index (χ0) is 29.1. The molecule has 2 aromatic heterocycles. The van der Waals surface area contributed by atoms with Crippen LogP contribution in [0.1, 0.15) is 38.5 Å². The lowest BCUT2D eigenvalue weighted by Gasteiger charge is -2.12. The Morgan fingerprint density at radius 3 is 1.31 bits per heavy atom. The topological polar surface area (TPSA) is 62.5 Å². The highest BCUT2D eigenvalue weighted by atomic mass is 16.5. The monoisotopic (exact) mass is 560 g/mol. The van der Waals surface area contributed by atoms with Crippen LogP contribution in [0.2, 0.25) is 0 Å². The summed E-state index contributed by atoms with van der Waals surface area (Å²) in [4.78, 5) is 26.1. The number of hydrogen-bond donors (Lipinski definition) is 0. The van der Waals surface area contributed by atoms with E-state index in [1.54, 1.807) is 0 Å². The van der Waals surface area contributed by atoms with Crippen molar-refractivity contribution >= 4 is 43.6 Å². The number of rotatable bonds is 11. The van der Waals surface area contributed by atoms with Crippen molar-refractivity contribution in [2.24, 2.45) is 14.1 Å². The van der Waals surface area contributed by atoms with Gasteiger partial charge >= 0.3 is 0 Å². The normalized spacial score (nSPS) is 11.6. The van der Waals surface area contributed by atoms with Crippen LogP contribution in [0.25, 0.3) is 43.6 Å². The Morgan fingerprint density at radius 1 is 0.476 bits per heavy atom. The fourth-order valence-electron chi connectivity index (χ4n) is 5.92. The standard InChI is InChI=1S/C36H36N2O4/c1-37-31-15-9-7-13-27(31)35(39)29-23-25(17-19-33(29)37)41-21-11-5-3-4-6-12-22-42-26-18-20-34-30(24-26)36(40)28-14-8-10-16-32(28)38(34)2/h7-10,13-20,23-24H,3-6,11-12,21-22H2,1-2H3. The van der Waals surface area contributed by atoms with Crippen molar-refractivity contribution in [1.82, 2.24) is 9.13 Å². The summed E-state index contributed by atoms with van der Waals surface area (Å²) in [6.07, 6.45) is 6.45. The van der Waals surface area contributed by atoms with Gasteiger partial charge in [-0.2, -0.15) is 0 Å². The molecule has 0 saturated heterocycles. The molecule has 0 aliphatic heterocycles. The number of aryl methyl sites for hydroxylation is 2. The predicted octanol–water partition coefficient (Wildman–Crippen LogP) is 7.50. The zero-order valence-electron chi connectivity index (χ0n) is 24.3. The first kappa shape index (κ1) is 27.6. The van der Waals surface area contributed by atoms with Gasteiger partial charge in [0.2, 0.25) is 0 Å². The number of benzene rings is 4.